The largest absolute Gasteiger partial charge is 0.493 e. The van der Waals surface area contributed by atoms with Gasteiger partial charge >= 0.3 is 0 Å². The van der Waals surface area contributed by atoms with Crippen molar-refractivity contribution < 1.29 is 14.3 Å². The van der Waals surface area contributed by atoms with Gasteiger partial charge in [0, 0.05) is 4.88 Å². The minimum absolute atomic E-state index is 0.178. The van der Waals surface area contributed by atoms with E-state index >= 15 is 0 Å². The summed E-state index contributed by atoms with van der Waals surface area (Å²) in [5, 5.41) is 5.96. The highest BCUT2D eigenvalue weighted by molar-refractivity contribution is 7.21. The van der Waals surface area contributed by atoms with Crippen molar-refractivity contribution >= 4 is 28.6 Å². The molecule has 1 aromatic carbocycles. The molecule has 0 unspecified atom stereocenters. The molecule has 0 radical (unpaired) electrons. The van der Waals surface area contributed by atoms with Crippen LogP contribution in [-0.4, -0.2) is 24.1 Å². The lowest BCUT2D eigenvalue weighted by atomic mass is 10.2. The second-order valence-electron chi connectivity index (χ2n) is 6.14. The molecule has 3 rings (SSSR count). The third-order valence-corrected chi connectivity index (χ3v) is 6.24. The number of nitrogens with one attached hydrogen (secondary N) is 1. The zero-order valence-electron chi connectivity index (χ0n) is 15.7. The molecule has 1 N–H and O–H groups in total. The number of carbonyl (C=O) groups excluding carboxylic acids is 1. The Bertz CT molecular complexity index is 919. The summed E-state index contributed by atoms with van der Waals surface area (Å²) in [6.07, 6.45) is -0.633. The van der Waals surface area contributed by atoms with Crippen LogP contribution >= 0.6 is 22.7 Å². The van der Waals surface area contributed by atoms with E-state index in [4.69, 9.17) is 9.47 Å². The van der Waals surface area contributed by atoms with E-state index in [0.717, 1.165) is 26.0 Å². The molecule has 3 aromatic rings. The van der Waals surface area contributed by atoms with Crippen molar-refractivity contribution in [2.45, 2.75) is 33.4 Å². The number of amides is 1. The molecular formula is C20H22N2O3S2. The van der Waals surface area contributed by atoms with E-state index in [-0.39, 0.29) is 5.91 Å². The van der Waals surface area contributed by atoms with Gasteiger partial charge in [-0.2, -0.15) is 0 Å². The Morgan fingerprint density at radius 2 is 2.07 bits per heavy atom. The SMILES string of the molecule is COc1cc(C)ccc1O[C@@H](C)C(=O)NCc1sc(-c2cccs2)nc1C. The van der Waals surface area contributed by atoms with Gasteiger partial charge in [0.05, 0.1) is 24.2 Å². The first-order chi connectivity index (χ1) is 13.0. The van der Waals surface area contributed by atoms with Crippen LogP contribution in [0.15, 0.2) is 35.7 Å². The van der Waals surface area contributed by atoms with E-state index in [1.165, 1.54) is 0 Å². The van der Waals surface area contributed by atoms with E-state index in [1.54, 1.807) is 36.7 Å². The number of carbonyl (C=O) groups is 1. The van der Waals surface area contributed by atoms with Crippen LogP contribution < -0.4 is 14.8 Å². The Morgan fingerprint density at radius 1 is 1.26 bits per heavy atom. The zero-order chi connectivity index (χ0) is 19.4. The average molecular weight is 403 g/mol. The van der Waals surface area contributed by atoms with Crippen molar-refractivity contribution in [3.05, 3.63) is 51.8 Å². The van der Waals surface area contributed by atoms with Gasteiger partial charge in [0.1, 0.15) is 5.01 Å². The summed E-state index contributed by atoms with van der Waals surface area (Å²) in [7, 11) is 1.59. The van der Waals surface area contributed by atoms with E-state index in [9.17, 15) is 4.79 Å². The van der Waals surface area contributed by atoms with E-state index < -0.39 is 6.10 Å². The molecular weight excluding hydrogens is 380 g/mol. The molecule has 0 saturated heterocycles. The van der Waals surface area contributed by atoms with Crippen molar-refractivity contribution in [2.24, 2.45) is 0 Å². The number of benzene rings is 1. The molecule has 1 amide bonds. The standard InChI is InChI=1S/C20H22N2O3S2/c1-12-7-8-15(16(10-12)24-4)25-14(3)19(23)21-11-18-13(2)22-20(27-18)17-6-5-9-26-17/h5-10,14H,11H2,1-4H3,(H,21,23)/t14-/m0/s1. The van der Waals surface area contributed by atoms with Crippen molar-refractivity contribution in [3.8, 4) is 21.4 Å². The summed E-state index contributed by atoms with van der Waals surface area (Å²) in [4.78, 5) is 19.2. The van der Waals surface area contributed by atoms with Crippen LogP contribution in [0.3, 0.4) is 0 Å². The second-order valence-corrected chi connectivity index (χ2v) is 8.17. The molecule has 5 nitrogen and oxygen atoms in total. The first-order valence-electron chi connectivity index (χ1n) is 8.57. The van der Waals surface area contributed by atoms with Crippen LogP contribution in [0.1, 0.15) is 23.1 Å². The van der Waals surface area contributed by atoms with Crippen LogP contribution in [-0.2, 0) is 11.3 Å². The average Bonchev–Trinajstić information content (AvgIpc) is 3.30. The molecule has 0 aliphatic carbocycles. The van der Waals surface area contributed by atoms with Gasteiger partial charge in [0.15, 0.2) is 17.6 Å². The molecule has 0 fully saturated rings. The number of thiazole rings is 1. The molecule has 0 aliphatic rings. The second kappa shape index (κ2) is 8.54. The third-order valence-electron chi connectivity index (χ3n) is 4.04. The number of thiophene rings is 1. The normalized spacial score (nSPS) is 11.9. The number of aromatic nitrogens is 1. The lowest BCUT2D eigenvalue weighted by Gasteiger charge is -2.17. The predicted octanol–water partition coefficient (Wildman–Crippen LogP) is 4.58. The van der Waals surface area contributed by atoms with Crippen molar-refractivity contribution in [2.75, 3.05) is 7.11 Å². The van der Waals surface area contributed by atoms with Gasteiger partial charge in [-0.05, 0) is 49.9 Å². The smallest absolute Gasteiger partial charge is 0.261 e. The lowest BCUT2D eigenvalue weighted by molar-refractivity contribution is -0.127. The highest BCUT2D eigenvalue weighted by atomic mass is 32.1. The third kappa shape index (κ3) is 4.67. The summed E-state index contributed by atoms with van der Waals surface area (Å²) >= 11 is 3.27. The number of ether oxygens (including phenoxy) is 2. The Kier molecular flexibility index (Phi) is 6.13. The summed E-state index contributed by atoms with van der Waals surface area (Å²) in [5.41, 5.74) is 2.01. The molecule has 1 atom stereocenters. The minimum Gasteiger partial charge on any atom is -0.493 e. The maximum Gasteiger partial charge on any atom is 0.261 e. The van der Waals surface area contributed by atoms with E-state index in [0.29, 0.717) is 18.0 Å². The number of hydrogen-bond acceptors (Lipinski definition) is 6. The van der Waals surface area contributed by atoms with Gasteiger partial charge in [-0.3, -0.25) is 4.79 Å². The first-order valence-corrected chi connectivity index (χ1v) is 10.3. The first kappa shape index (κ1) is 19.4. The number of methoxy groups -OCH3 is 1. The van der Waals surface area contributed by atoms with Crippen LogP contribution in [0.25, 0.3) is 9.88 Å². The molecule has 0 saturated carbocycles. The number of nitrogens with zero attached hydrogens (tertiary/aromatic N) is 1. The minimum atomic E-state index is -0.633. The Morgan fingerprint density at radius 3 is 2.78 bits per heavy atom. The highest BCUT2D eigenvalue weighted by Gasteiger charge is 2.18. The fourth-order valence-corrected chi connectivity index (χ4v) is 4.32. The number of rotatable bonds is 7. The Labute approximate surface area is 167 Å². The molecule has 27 heavy (non-hydrogen) atoms. The van der Waals surface area contributed by atoms with Crippen LogP contribution in [0.2, 0.25) is 0 Å². The maximum absolute atomic E-state index is 12.4. The van der Waals surface area contributed by atoms with Gasteiger partial charge in [-0.25, -0.2) is 4.98 Å². The van der Waals surface area contributed by atoms with Crippen LogP contribution in [0.4, 0.5) is 0 Å². The molecule has 2 heterocycles. The fraction of sp³-hybridized carbons (Fsp3) is 0.300. The predicted molar refractivity (Wildman–Crippen MR) is 110 cm³/mol. The quantitative estimate of drug-likeness (QED) is 0.628. The summed E-state index contributed by atoms with van der Waals surface area (Å²) in [6, 6.07) is 9.69. The lowest BCUT2D eigenvalue weighted by Crippen LogP contribution is -2.35. The van der Waals surface area contributed by atoms with Gasteiger partial charge in [-0.15, -0.1) is 22.7 Å². The Hall–Kier alpha value is -2.38. The van der Waals surface area contributed by atoms with Crippen molar-refractivity contribution in [1.82, 2.24) is 10.3 Å². The van der Waals surface area contributed by atoms with Crippen molar-refractivity contribution in [1.29, 1.82) is 0 Å². The molecule has 7 heteroatoms. The topological polar surface area (TPSA) is 60.5 Å². The summed E-state index contributed by atoms with van der Waals surface area (Å²) < 4.78 is 11.1. The molecule has 0 aliphatic heterocycles. The van der Waals surface area contributed by atoms with Gasteiger partial charge in [0.2, 0.25) is 0 Å². The highest BCUT2D eigenvalue weighted by Crippen LogP contribution is 2.31. The maximum atomic E-state index is 12.4. The van der Waals surface area contributed by atoms with Crippen LogP contribution in [0.5, 0.6) is 11.5 Å². The van der Waals surface area contributed by atoms with E-state index in [2.05, 4.69) is 16.4 Å². The molecule has 0 spiro atoms. The number of hydrogen-bond donors (Lipinski definition) is 1. The Balaban J connectivity index is 1.61. The number of aryl methyl sites for hydroxylation is 2. The van der Waals surface area contributed by atoms with Gasteiger partial charge in [-0.1, -0.05) is 12.1 Å². The molecule has 0 bridgehead atoms. The van der Waals surface area contributed by atoms with Crippen LogP contribution in [0, 0.1) is 13.8 Å². The summed E-state index contributed by atoms with van der Waals surface area (Å²) in [6.45, 7) is 6.11. The summed E-state index contributed by atoms with van der Waals surface area (Å²) in [5.74, 6) is 0.997. The zero-order valence-corrected chi connectivity index (χ0v) is 17.4. The van der Waals surface area contributed by atoms with E-state index in [1.807, 2.05) is 43.5 Å². The molecule has 142 valence electrons. The van der Waals surface area contributed by atoms with Crippen molar-refractivity contribution in [3.63, 3.8) is 0 Å². The van der Waals surface area contributed by atoms with Gasteiger partial charge < -0.3 is 14.8 Å². The van der Waals surface area contributed by atoms with Gasteiger partial charge in [0.25, 0.3) is 5.91 Å². The fourth-order valence-electron chi connectivity index (χ4n) is 2.52. The monoisotopic (exact) mass is 402 g/mol. The molecule has 2 aromatic heterocycles.